The molecular formula is C20H37NO8P-. The zero-order valence-corrected chi connectivity index (χ0v) is 19.8. The van der Waals surface area contributed by atoms with Gasteiger partial charge in [-0.3, -0.25) is 4.57 Å². The molecule has 2 aliphatic heterocycles. The van der Waals surface area contributed by atoms with Gasteiger partial charge in [-0.25, -0.2) is 0 Å². The van der Waals surface area contributed by atoms with E-state index in [-0.39, 0.29) is 49.4 Å². The fraction of sp³-hybridized carbons (Fsp3) is 0.900. The molecule has 10 heteroatoms. The average molecular weight is 450 g/mol. The molecule has 0 aromatic heterocycles. The van der Waals surface area contributed by atoms with Crippen LogP contribution in [0.1, 0.15) is 54.4 Å². The lowest BCUT2D eigenvalue weighted by atomic mass is 9.97. The molecular weight excluding hydrogens is 413 g/mol. The van der Waals surface area contributed by atoms with E-state index in [2.05, 4.69) is 6.58 Å². The number of phosphoric acid groups is 1. The summed E-state index contributed by atoms with van der Waals surface area (Å²) in [5.74, 6) is -0.0629. The summed E-state index contributed by atoms with van der Waals surface area (Å²) < 4.78 is 46.5. The third-order valence-electron chi connectivity index (χ3n) is 5.11. The molecule has 0 amide bonds. The predicted octanol–water partition coefficient (Wildman–Crippen LogP) is 2.27. The Balaban J connectivity index is 2.07. The maximum Gasteiger partial charge on any atom is 0.319 e. The molecule has 0 saturated carbocycles. The molecule has 2 aliphatic rings. The van der Waals surface area contributed by atoms with Crippen LogP contribution in [0.2, 0.25) is 0 Å². The second kappa shape index (κ2) is 10.4. The van der Waals surface area contributed by atoms with Gasteiger partial charge < -0.3 is 38.6 Å². The predicted molar refractivity (Wildman–Crippen MR) is 110 cm³/mol. The first-order valence-electron chi connectivity index (χ1n) is 10.6. The van der Waals surface area contributed by atoms with Crippen molar-refractivity contribution in [2.75, 3.05) is 13.2 Å². The van der Waals surface area contributed by atoms with Gasteiger partial charge in [0, 0.05) is 19.4 Å². The number of nitrogens with two attached hydrogens (primary N) is 1. The van der Waals surface area contributed by atoms with Crippen LogP contribution in [-0.4, -0.2) is 61.5 Å². The van der Waals surface area contributed by atoms with Crippen molar-refractivity contribution in [1.82, 2.24) is 0 Å². The lowest BCUT2D eigenvalue weighted by Gasteiger charge is -2.37. The van der Waals surface area contributed by atoms with Crippen LogP contribution < -0.4 is 10.6 Å². The number of ether oxygens (including phenoxy) is 4. The molecule has 30 heavy (non-hydrogen) atoms. The van der Waals surface area contributed by atoms with Crippen LogP contribution in [0.15, 0.2) is 12.3 Å². The van der Waals surface area contributed by atoms with Crippen LogP contribution in [0, 0.1) is 0 Å². The fourth-order valence-corrected chi connectivity index (χ4v) is 4.85. The molecule has 9 nitrogen and oxygen atoms in total. The van der Waals surface area contributed by atoms with Crippen LogP contribution in [-0.2, 0) is 32.6 Å². The molecule has 2 saturated heterocycles. The second-order valence-corrected chi connectivity index (χ2v) is 10.0. The third kappa shape index (κ3) is 6.74. The van der Waals surface area contributed by atoms with E-state index in [0.717, 1.165) is 0 Å². The summed E-state index contributed by atoms with van der Waals surface area (Å²) in [5, 5.41) is 0. The normalized spacial score (nSPS) is 36.4. The Morgan fingerprint density at radius 3 is 2.47 bits per heavy atom. The second-order valence-electron chi connectivity index (χ2n) is 8.72. The summed E-state index contributed by atoms with van der Waals surface area (Å²) in [6, 6.07) is 0. The van der Waals surface area contributed by atoms with Gasteiger partial charge in [-0.1, -0.05) is 6.58 Å². The number of hydrogen-bond acceptors (Lipinski definition) is 9. The highest BCUT2D eigenvalue weighted by atomic mass is 31.2. The highest BCUT2D eigenvalue weighted by Gasteiger charge is 2.50. The number of phosphoric ester groups is 1. The van der Waals surface area contributed by atoms with Crippen molar-refractivity contribution in [2.45, 2.75) is 103 Å². The minimum Gasteiger partial charge on any atom is -0.746 e. The van der Waals surface area contributed by atoms with Crippen molar-refractivity contribution < 1.29 is 37.5 Å². The van der Waals surface area contributed by atoms with Gasteiger partial charge in [-0.05, 0) is 41.5 Å². The van der Waals surface area contributed by atoms with E-state index in [1.165, 1.54) is 0 Å². The van der Waals surface area contributed by atoms with Crippen molar-refractivity contribution in [3.05, 3.63) is 12.3 Å². The third-order valence-corrected chi connectivity index (χ3v) is 6.08. The zero-order chi connectivity index (χ0) is 22.7. The first-order chi connectivity index (χ1) is 13.9. The molecule has 0 aromatic carbocycles. The first-order valence-corrected chi connectivity index (χ1v) is 12.0. The minimum atomic E-state index is -4.77. The van der Waals surface area contributed by atoms with Crippen LogP contribution >= 0.6 is 7.82 Å². The van der Waals surface area contributed by atoms with E-state index in [1.807, 2.05) is 41.5 Å². The Bertz CT molecular complexity index is 630. The lowest BCUT2D eigenvalue weighted by Crippen LogP contribution is -2.52. The molecule has 2 heterocycles. The Morgan fingerprint density at radius 1 is 1.23 bits per heavy atom. The summed E-state index contributed by atoms with van der Waals surface area (Å²) >= 11 is 0. The smallest absolute Gasteiger partial charge is 0.319 e. The molecule has 7 atom stereocenters. The van der Waals surface area contributed by atoms with E-state index >= 15 is 0 Å². The highest BCUT2D eigenvalue weighted by molar-refractivity contribution is 7.46. The highest BCUT2D eigenvalue weighted by Crippen LogP contribution is 2.49. The summed E-state index contributed by atoms with van der Waals surface area (Å²) in [6.07, 6.45) is -1.36. The van der Waals surface area contributed by atoms with Gasteiger partial charge in [0.1, 0.15) is 23.6 Å². The van der Waals surface area contributed by atoms with Crippen molar-refractivity contribution in [1.29, 1.82) is 0 Å². The van der Waals surface area contributed by atoms with Crippen LogP contribution in [0.3, 0.4) is 0 Å². The SMILES string of the molecule is C=C(OP(=O)([O-])OC1CC(C)OC1(CN)COC(C)C)C1OC(C)CC1OC(C)C. The van der Waals surface area contributed by atoms with E-state index in [9.17, 15) is 9.46 Å². The fourth-order valence-electron chi connectivity index (χ4n) is 3.83. The summed E-state index contributed by atoms with van der Waals surface area (Å²) in [4.78, 5) is 12.7. The molecule has 176 valence electrons. The van der Waals surface area contributed by atoms with Crippen LogP contribution in [0.25, 0.3) is 0 Å². The molecule has 0 bridgehead atoms. The Hall–Kier alpha value is -0.510. The monoisotopic (exact) mass is 450 g/mol. The molecule has 7 unspecified atom stereocenters. The van der Waals surface area contributed by atoms with E-state index in [4.69, 9.17) is 33.7 Å². The molecule has 0 aliphatic carbocycles. The molecule has 2 rings (SSSR count). The van der Waals surface area contributed by atoms with Crippen LogP contribution in [0.4, 0.5) is 0 Å². The van der Waals surface area contributed by atoms with Gasteiger partial charge in [-0.15, -0.1) is 0 Å². The quantitative estimate of drug-likeness (QED) is 0.373. The van der Waals surface area contributed by atoms with Crippen molar-refractivity contribution >= 4 is 7.82 Å². The Morgan fingerprint density at radius 2 is 1.90 bits per heavy atom. The van der Waals surface area contributed by atoms with Crippen molar-refractivity contribution in [3.8, 4) is 0 Å². The van der Waals surface area contributed by atoms with E-state index < -0.39 is 25.6 Å². The summed E-state index contributed by atoms with van der Waals surface area (Å²) in [7, 11) is -4.77. The average Bonchev–Trinajstić information content (AvgIpc) is 3.11. The summed E-state index contributed by atoms with van der Waals surface area (Å²) in [6.45, 7) is 15.2. The van der Waals surface area contributed by atoms with E-state index in [1.54, 1.807) is 0 Å². The maximum absolute atomic E-state index is 12.7. The number of hydrogen-bond donors (Lipinski definition) is 1. The molecule has 0 spiro atoms. The lowest BCUT2D eigenvalue weighted by molar-refractivity contribution is -0.234. The van der Waals surface area contributed by atoms with E-state index in [0.29, 0.717) is 12.8 Å². The summed E-state index contributed by atoms with van der Waals surface area (Å²) in [5.41, 5.74) is 4.86. The molecule has 2 fully saturated rings. The van der Waals surface area contributed by atoms with Gasteiger partial charge >= 0.3 is 7.82 Å². The van der Waals surface area contributed by atoms with Crippen LogP contribution in [0.5, 0.6) is 0 Å². The topological polar surface area (TPSA) is 122 Å². The minimum absolute atomic E-state index is 0.0437. The Labute approximate surface area is 179 Å². The van der Waals surface area contributed by atoms with Crippen molar-refractivity contribution in [2.24, 2.45) is 5.73 Å². The zero-order valence-electron chi connectivity index (χ0n) is 18.9. The molecule has 0 radical (unpaired) electrons. The standard InChI is InChI=1S/C20H38NO8P/c1-12(2)24-11-20(10-21)18(9-15(6)27-20)29-30(22,23)28-16(7)19-17(25-13(3)4)8-14(5)26-19/h12-15,17-19H,7-11,21H2,1-6H3,(H,22,23)/p-1. The first kappa shape index (κ1) is 25.7. The largest absolute Gasteiger partial charge is 0.746 e. The van der Waals surface area contributed by atoms with Gasteiger partial charge in [0.2, 0.25) is 0 Å². The molecule has 2 N–H and O–H groups in total. The Kier molecular flexibility index (Phi) is 8.93. The van der Waals surface area contributed by atoms with Gasteiger partial charge in [0.15, 0.2) is 0 Å². The van der Waals surface area contributed by atoms with Crippen molar-refractivity contribution in [3.63, 3.8) is 0 Å². The number of rotatable bonds is 11. The van der Waals surface area contributed by atoms with Gasteiger partial charge in [0.05, 0.1) is 37.1 Å². The van der Waals surface area contributed by atoms with Gasteiger partial charge in [0.25, 0.3) is 0 Å². The van der Waals surface area contributed by atoms with Gasteiger partial charge in [-0.2, -0.15) is 0 Å². The maximum atomic E-state index is 12.7. The molecule has 0 aromatic rings.